The SMILES string of the molecule is Cc1cc(N2CCN(C(=O)CCC(C)C)CC2)nc(C(C)C)n1. The average Bonchev–Trinajstić information content (AvgIpc) is 2.52. The fourth-order valence-electron chi connectivity index (χ4n) is 2.75. The predicted octanol–water partition coefficient (Wildman–Crippen LogP) is 2.99. The van der Waals surface area contributed by atoms with E-state index in [9.17, 15) is 4.79 Å². The highest BCUT2D eigenvalue weighted by Gasteiger charge is 2.22. The van der Waals surface area contributed by atoms with Gasteiger partial charge in [-0.1, -0.05) is 27.7 Å². The molecule has 23 heavy (non-hydrogen) atoms. The number of aromatic nitrogens is 2. The van der Waals surface area contributed by atoms with Crippen molar-refractivity contribution in [3.63, 3.8) is 0 Å². The van der Waals surface area contributed by atoms with Crippen molar-refractivity contribution in [2.75, 3.05) is 31.1 Å². The molecular weight excluding hydrogens is 288 g/mol. The molecule has 0 aliphatic carbocycles. The molecule has 0 radical (unpaired) electrons. The highest BCUT2D eigenvalue weighted by molar-refractivity contribution is 5.76. The van der Waals surface area contributed by atoms with E-state index in [1.165, 1.54) is 0 Å². The zero-order valence-electron chi connectivity index (χ0n) is 15.2. The lowest BCUT2D eigenvalue weighted by atomic mass is 10.1. The number of amides is 1. The number of anilines is 1. The maximum Gasteiger partial charge on any atom is 0.222 e. The van der Waals surface area contributed by atoms with Crippen LogP contribution in [-0.2, 0) is 4.79 Å². The van der Waals surface area contributed by atoms with Crippen LogP contribution in [0.1, 0.15) is 58.0 Å². The summed E-state index contributed by atoms with van der Waals surface area (Å²) in [6.07, 6.45) is 1.64. The van der Waals surface area contributed by atoms with E-state index in [0.29, 0.717) is 24.2 Å². The minimum atomic E-state index is 0.292. The van der Waals surface area contributed by atoms with Gasteiger partial charge in [-0.15, -0.1) is 0 Å². The summed E-state index contributed by atoms with van der Waals surface area (Å²) in [6.45, 7) is 13.8. The Balaban J connectivity index is 1.95. The van der Waals surface area contributed by atoms with Gasteiger partial charge < -0.3 is 9.80 Å². The number of aryl methyl sites for hydroxylation is 1. The molecule has 0 spiro atoms. The molecule has 1 amide bonds. The summed E-state index contributed by atoms with van der Waals surface area (Å²) in [5.41, 5.74) is 1.01. The monoisotopic (exact) mass is 318 g/mol. The molecule has 2 rings (SSSR count). The summed E-state index contributed by atoms with van der Waals surface area (Å²) in [5, 5.41) is 0. The van der Waals surface area contributed by atoms with Gasteiger partial charge in [0.2, 0.25) is 5.91 Å². The predicted molar refractivity (Wildman–Crippen MR) is 93.7 cm³/mol. The summed E-state index contributed by atoms with van der Waals surface area (Å²) < 4.78 is 0. The van der Waals surface area contributed by atoms with Gasteiger partial charge in [-0.2, -0.15) is 0 Å². The van der Waals surface area contributed by atoms with E-state index in [0.717, 1.165) is 49.9 Å². The Kier molecular flexibility index (Phi) is 5.97. The molecule has 0 aromatic carbocycles. The van der Waals surface area contributed by atoms with Crippen LogP contribution in [0.2, 0.25) is 0 Å². The number of carbonyl (C=O) groups is 1. The Bertz CT molecular complexity index is 534. The molecule has 0 N–H and O–H groups in total. The normalized spacial score (nSPS) is 15.6. The lowest BCUT2D eigenvalue weighted by Gasteiger charge is -2.35. The first-order valence-electron chi connectivity index (χ1n) is 8.75. The smallest absolute Gasteiger partial charge is 0.222 e. The summed E-state index contributed by atoms with van der Waals surface area (Å²) in [5.74, 6) is 3.09. The van der Waals surface area contributed by atoms with Gasteiger partial charge in [0.1, 0.15) is 11.6 Å². The molecule has 0 saturated carbocycles. The lowest BCUT2D eigenvalue weighted by Crippen LogP contribution is -2.49. The first kappa shape index (κ1) is 17.7. The van der Waals surface area contributed by atoms with E-state index in [4.69, 9.17) is 4.98 Å². The van der Waals surface area contributed by atoms with Gasteiger partial charge in [0.15, 0.2) is 0 Å². The topological polar surface area (TPSA) is 49.3 Å². The molecule has 0 atom stereocenters. The molecule has 1 aliphatic heterocycles. The van der Waals surface area contributed by atoms with Crippen molar-refractivity contribution >= 4 is 11.7 Å². The van der Waals surface area contributed by atoms with Gasteiger partial charge in [0, 0.05) is 50.3 Å². The minimum absolute atomic E-state index is 0.292. The first-order chi connectivity index (χ1) is 10.9. The van der Waals surface area contributed by atoms with Crippen molar-refractivity contribution in [3.05, 3.63) is 17.6 Å². The Morgan fingerprint density at radius 1 is 1.13 bits per heavy atom. The third kappa shape index (κ3) is 4.91. The molecule has 5 heteroatoms. The molecule has 0 bridgehead atoms. The van der Waals surface area contributed by atoms with Crippen LogP contribution in [0.4, 0.5) is 5.82 Å². The minimum Gasteiger partial charge on any atom is -0.353 e. The highest BCUT2D eigenvalue weighted by atomic mass is 16.2. The molecule has 2 heterocycles. The van der Waals surface area contributed by atoms with Crippen molar-refractivity contribution in [2.24, 2.45) is 5.92 Å². The zero-order chi connectivity index (χ0) is 17.0. The van der Waals surface area contributed by atoms with Crippen LogP contribution in [0.15, 0.2) is 6.07 Å². The highest BCUT2D eigenvalue weighted by Crippen LogP contribution is 2.19. The second kappa shape index (κ2) is 7.75. The van der Waals surface area contributed by atoms with E-state index < -0.39 is 0 Å². The van der Waals surface area contributed by atoms with Crippen LogP contribution in [-0.4, -0.2) is 47.0 Å². The van der Waals surface area contributed by atoms with Crippen molar-refractivity contribution in [1.29, 1.82) is 0 Å². The molecular formula is C18H30N4O. The van der Waals surface area contributed by atoms with E-state index >= 15 is 0 Å². The first-order valence-corrected chi connectivity index (χ1v) is 8.75. The number of piperazine rings is 1. The van der Waals surface area contributed by atoms with Crippen molar-refractivity contribution in [2.45, 2.75) is 53.4 Å². The maximum atomic E-state index is 12.2. The van der Waals surface area contributed by atoms with Crippen LogP contribution in [0.5, 0.6) is 0 Å². The quantitative estimate of drug-likeness (QED) is 0.837. The van der Waals surface area contributed by atoms with Crippen LogP contribution < -0.4 is 4.90 Å². The number of hydrogen-bond acceptors (Lipinski definition) is 4. The molecule has 128 valence electrons. The van der Waals surface area contributed by atoms with Gasteiger partial charge in [-0.25, -0.2) is 9.97 Å². The Morgan fingerprint density at radius 3 is 2.35 bits per heavy atom. The second-order valence-electron chi connectivity index (χ2n) is 7.18. The Morgan fingerprint density at radius 2 is 1.78 bits per heavy atom. The maximum absolute atomic E-state index is 12.2. The van der Waals surface area contributed by atoms with Gasteiger partial charge in [0.25, 0.3) is 0 Å². The number of rotatable bonds is 5. The Hall–Kier alpha value is -1.65. The molecule has 1 aliphatic rings. The molecule has 1 fully saturated rings. The van der Waals surface area contributed by atoms with Gasteiger partial charge in [-0.05, 0) is 19.3 Å². The summed E-state index contributed by atoms with van der Waals surface area (Å²) in [4.78, 5) is 25.7. The van der Waals surface area contributed by atoms with Crippen LogP contribution in [0, 0.1) is 12.8 Å². The van der Waals surface area contributed by atoms with Crippen LogP contribution in [0.3, 0.4) is 0 Å². The van der Waals surface area contributed by atoms with Crippen LogP contribution in [0.25, 0.3) is 0 Å². The average molecular weight is 318 g/mol. The summed E-state index contributed by atoms with van der Waals surface area (Å²) >= 11 is 0. The van der Waals surface area contributed by atoms with E-state index in [2.05, 4.69) is 37.6 Å². The molecule has 1 saturated heterocycles. The fourth-order valence-corrected chi connectivity index (χ4v) is 2.75. The van der Waals surface area contributed by atoms with Crippen molar-refractivity contribution in [1.82, 2.24) is 14.9 Å². The van der Waals surface area contributed by atoms with Crippen molar-refractivity contribution in [3.8, 4) is 0 Å². The Labute approximate surface area is 140 Å². The molecule has 0 unspecified atom stereocenters. The number of nitrogens with zero attached hydrogens (tertiary/aromatic N) is 4. The molecule has 5 nitrogen and oxygen atoms in total. The summed E-state index contributed by atoms with van der Waals surface area (Å²) in [7, 11) is 0. The largest absolute Gasteiger partial charge is 0.353 e. The van der Waals surface area contributed by atoms with E-state index in [1.54, 1.807) is 0 Å². The van der Waals surface area contributed by atoms with Crippen molar-refractivity contribution < 1.29 is 4.79 Å². The van der Waals surface area contributed by atoms with E-state index in [1.807, 2.05) is 17.9 Å². The fraction of sp³-hybridized carbons (Fsp3) is 0.722. The standard InChI is InChI=1S/C18H30N4O/c1-13(2)6-7-17(23)22-10-8-21(9-11-22)16-12-15(5)19-18(20-16)14(3)4/h12-14H,6-11H2,1-5H3. The van der Waals surface area contributed by atoms with Gasteiger partial charge in [-0.3, -0.25) is 4.79 Å². The van der Waals surface area contributed by atoms with Gasteiger partial charge >= 0.3 is 0 Å². The third-order valence-electron chi connectivity index (χ3n) is 4.27. The lowest BCUT2D eigenvalue weighted by molar-refractivity contribution is -0.131. The number of carbonyl (C=O) groups excluding carboxylic acids is 1. The molecule has 1 aromatic heterocycles. The van der Waals surface area contributed by atoms with E-state index in [-0.39, 0.29) is 0 Å². The van der Waals surface area contributed by atoms with Gasteiger partial charge in [0.05, 0.1) is 0 Å². The van der Waals surface area contributed by atoms with Crippen LogP contribution >= 0.6 is 0 Å². The number of hydrogen-bond donors (Lipinski definition) is 0. The second-order valence-corrected chi connectivity index (χ2v) is 7.18. The molecule has 1 aromatic rings. The summed E-state index contributed by atoms with van der Waals surface area (Å²) in [6, 6.07) is 2.04. The zero-order valence-corrected chi connectivity index (χ0v) is 15.2. The third-order valence-corrected chi connectivity index (χ3v) is 4.27.